The van der Waals surface area contributed by atoms with Crippen LogP contribution in [0.15, 0.2) is 18.2 Å². The first kappa shape index (κ1) is 13.7. The highest BCUT2D eigenvalue weighted by Crippen LogP contribution is 2.18. The largest absolute Gasteiger partial charge is 0.481 e. The van der Waals surface area contributed by atoms with Gasteiger partial charge in [-0.05, 0) is 25.0 Å². The number of halogens is 2. The molecule has 0 spiro atoms. The van der Waals surface area contributed by atoms with E-state index < -0.39 is 11.6 Å². The molecule has 1 fully saturated rings. The van der Waals surface area contributed by atoms with Crippen molar-refractivity contribution in [1.82, 2.24) is 4.90 Å². The Kier molecular flexibility index (Phi) is 4.31. The van der Waals surface area contributed by atoms with Crippen LogP contribution in [0.2, 0.25) is 0 Å². The van der Waals surface area contributed by atoms with Crippen LogP contribution in [0, 0.1) is 11.6 Å². The summed E-state index contributed by atoms with van der Waals surface area (Å²) in [5.41, 5.74) is 5.74. The molecule has 0 aromatic heterocycles. The van der Waals surface area contributed by atoms with Crippen LogP contribution >= 0.6 is 0 Å². The van der Waals surface area contributed by atoms with E-state index in [1.165, 1.54) is 6.07 Å². The van der Waals surface area contributed by atoms with Gasteiger partial charge in [-0.3, -0.25) is 4.79 Å². The molecule has 2 rings (SSSR count). The Morgan fingerprint density at radius 1 is 1.37 bits per heavy atom. The number of piperidine rings is 1. The van der Waals surface area contributed by atoms with Crippen molar-refractivity contribution in [3.8, 4) is 5.75 Å². The summed E-state index contributed by atoms with van der Waals surface area (Å²) in [7, 11) is 0. The number of ether oxygens (including phenoxy) is 1. The second-order valence-corrected chi connectivity index (χ2v) is 4.58. The highest BCUT2D eigenvalue weighted by atomic mass is 19.1. The normalized spacial score (nSPS) is 16.5. The molecule has 0 aliphatic carbocycles. The van der Waals surface area contributed by atoms with E-state index in [-0.39, 0.29) is 24.3 Å². The zero-order valence-corrected chi connectivity index (χ0v) is 10.4. The first-order valence-corrected chi connectivity index (χ1v) is 6.17. The molecule has 1 saturated heterocycles. The van der Waals surface area contributed by atoms with Crippen molar-refractivity contribution < 1.29 is 18.3 Å². The van der Waals surface area contributed by atoms with E-state index >= 15 is 0 Å². The first-order valence-electron chi connectivity index (χ1n) is 6.17. The van der Waals surface area contributed by atoms with Crippen molar-refractivity contribution in [1.29, 1.82) is 0 Å². The number of hydrogen-bond donors (Lipinski definition) is 1. The molecule has 19 heavy (non-hydrogen) atoms. The molecule has 2 N–H and O–H groups in total. The Bertz CT molecular complexity index is 460. The van der Waals surface area contributed by atoms with Gasteiger partial charge in [0.1, 0.15) is 5.82 Å². The third-order valence-electron chi connectivity index (χ3n) is 3.14. The predicted molar refractivity (Wildman–Crippen MR) is 65.6 cm³/mol. The monoisotopic (exact) mass is 270 g/mol. The molecule has 6 heteroatoms. The fraction of sp³-hybridized carbons (Fsp3) is 0.462. The van der Waals surface area contributed by atoms with Crippen molar-refractivity contribution in [2.75, 3.05) is 19.7 Å². The average Bonchev–Trinajstić information content (AvgIpc) is 2.38. The second-order valence-electron chi connectivity index (χ2n) is 4.58. The van der Waals surface area contributed by atoms with Gasteiger partial charge in [-0.1, -0.05) is 0 Å². The van der Waals surface area contributed by atoms with Crippen LogP contribution in [0.3, 0.4) is 0 Å². The summed E-state index contributed by atoms with van der Waals surface area (Å²) in [4.78, 5) is 13.5. The molecule has 1 aliphatic heterocycles. The first-order chi connectivity index (χ1) is 9.06. The van der Waals surface area contributed by atoms with Crippen molar-refractivity contribution in [3.63, 3.8) is 0 Å². The molecule has 1 aromatic rings. The van der Waals surface area contributed by atoms with E-state index in [4.69, 9.17) is 10.5 Å². The van der Waals surface area contributed by atoms with Crippen LogP contribution in [-0.2, 0) is 4.79 Å². The van der Waals surface area contributed by atoms with Gasteiger partial charge >= 0.3 is 0 Å². The molecule has 0 unspecified atom stereocenters. The maximum atomic E-state index is 13.3. The fourth-order valence-corrected chi connectivity index (χ4v) is 1.97. The number of hydrogen-bond acceptors (Lipinski definition) is 3. The number of carbonyl (C=O) groups excluding carboxylic acids is 1. The summed E-state index contributed by atoms with van der Waals surface area (Å²) < 4.78 is 31.0. The van der Waals surface area contributed by atoms with Gasteiger partial charge in [0.05, 0.1) is 0 Å². The Hall–Kier alpha value is -1.69. The topological polar surface area (TPSA) is 55.6 Å². The van der Waals surface area contributed by atoms with Crippen LogP contribution in [0.25, 0.3) is 0 Å². The summed E-state index contributed by atoms with van der Waals surface area (Å²) in [6.45, 7) is 0.933. The van der Waals surface area contributed by atoms with Crippen LogP contribution < -0.4 is 10.5 Å². The Morgan fingerprint density at radius 2 is 2.05 bits per heavy atom. The van der Waals surface area contributed by atoms with Crippen LogP contribution in [0.5, 0.6) is 5.75 Å². The highest BCUT2D eigenvalue weighted by Gasteiger charge is 2.21. The number of benzene rings is 1. The van der Waals surface area contributed by atoms with Gasteiger partial charge in [0, 0.05) is 25.2 Å². The number of nitrogens with two attached hydrogens (primary N) is 1. The lowest BCUT2D eigenvalue weighted by molar-refractivity contribution is -0.134. The summed E-state index contributed by atoms with van der Waals surface area (Å²) in [6, 6.07) is 3.12. The Morgan fingerprint density at radius 3 is 2.68 bits per heavy atom. The lowest BCUT2D eigenvalue weighted by atomic mass is 10.1. The lowest BCUT2D eigenvalue weighted by Crippen LogP contribution is -2.44. The molecule has 104 valence electrons. The van der Waals surface area contributed by atoms with Gasteiger partial charge in [0.2, 0.25) is 0 Å². The highest BCUT2D eigenvalue weighted by molar-refractivity contribution is 5.77. The van der Waals surface area contributed by atoms with Gasteiger partial charge in [-0.2, -0.15) is 0 Å². The summed E-state index contributed by atoms with van der Waals surface area (Å²) in [5.74, 6) is -1.83. The van der Waals surface area contributed by atoms with E-state index in [0.29, 0.717) is 13.1 Å². The number of rotatable bonds is 3. The number of nitrogens with zero attached hydrogens (tertiary/aromatic N) is 1. The van der Waals surface area contributed by atoms with E-state index in [9.17, 15) is 13.6 Å². The zero-order valence-electron chi connectivity index (χ0n) is 10.4. The molecular weight excluding hydrogens is 254 g/mol. The minimum Gasteiger partial charge on any atom is -0.481 e. The van der Waals surface area contributed by atoms with Crippen LogP contribution in [-0.4, -0.2) is 36.5 Å². The SMILES string of the molecule is NC1CCN(C(=O)COc2ccc(F)cc2F)CC1. The minimum absolute atomic E-state index is 0.122. The minimum atomic E-state index is -0.812. The molecule has 0 atom stereocenters. The molecule has 4 nitrogen and oxygen atoms in total. The third-order valence-corrected chi connectivity index (χ3v) is 3.14. The van der Waals surface area contributed by atoms with Crippen molar-refractivity contribution >= 4 is 5.91 Å². The standard InChI is InChI=1S/C13H16F2N2O2/c14-9-1-2-12(11(15)7-9)19-8-13(18)17-5-3-10(16)4-6-17/h1-2,7,10H,3-6,8,16H2. The number of likely N-dealkylation sites (tertiary alicyclic amines) is 1. The maximum Gasteiger partial charge on any atom is 0.260 e. The molecule has 1 amide bonds. The van der Waals surface area contributed by atoms with Crippen molar-refractivity contribution in [2.45, 2.75) is 18.9 Å². The summed E-state index contributed by atoms with van der Waals surface area (Å²) in [6.07, 6.45) is 1.52. The summed E-state index contributed by atoms with van der Waals surface area (Å²) in [5, 5.41) is 0. The van der Waals surface area contributed by atoms with Gasteiger partial charge < -0.3 is 15.4 Å². The van der Waals surface area contributed by atoms with Gasteiger partial charge in [0.15, 0.2) is 18.2 Å². The fourth-order valence-electron chi connectivity index (χ4n) is 1.97. The number of amides is 1. The van der Waals surface area contributed by atoms with E-state index in [1.54, 1.807) is 4.90 Å². The molecular formula is C13H16F2N2O2. The summed E-state index contributed by atoms with van der Waals surface area (Å²) >= 11 is 0. The van der Waals surface area contributed by atoms with Crippen molar-refractivity contribution in [3.05, 3.63) is 29.8 Å². The Labute approximate surface area is 110 Å². The van der Waals surface area contributed by atoms with Gasteiger partial charge in [-0.25, -0.2) is 8.78 Å². The molecule has 0 saturated carbocycles. The zero-order chi connectivity index (χ0) is 13.8. The lowest BCUT2D eigenvalue weighted by Gasteiger charge is -2.30. The van der Waals surface area contributed by atoms with E-state index in [2.05, 4.69) is 0 Å². The number of carbonyl (C=O) groups is 1. The van der Waals surface area contributed by atoms with Gasteiger partial charge in [-0.15, -0.1) is 0 Å². The smallest absolute Gasteiger partial charge is 0.260 e. The Balaban J connectivity index is 1.86. The van der Waals surface area contributed by atoms with Crippen LogP contribution in [0.4, 0.5) is 8.78 Å². The predicted octanol–water partition coefficient (Wildman–Crippen LogP) is 1.29. The van der Waals surface area contributed by atoms with Crippen molar-refractivity contribution in [2.24, 2.45) is 5.73 Å². The van der Waals surface area contributed by atoms with Gasteiger partial charge in [0.25, 0.3) is 5.91 Å². The average molecular weight is 270 g/mol. The quantitative estimate of drug-likeness (QED) is 0.900. The molecule has 1 aliphatic rings. The molecule has 0 radical (unpaired) electrons. The van der Waals surface area contributed by atoms with E-state index in [0.717, 1.165) is 25.0 Å². The molecule has 1 aromatic carbocycles. The third kappa shape index (κ3) is 3.64. The maximum absolute atomic E-state index is 13.3. The van der Waals surface area contributed by atoms with Crippen LogP contribution in [0.1, 0.15) is 12.8 Å². The second kappa shape index (κ2) is 5.97. The molecule has 0 bridgehead atoms. The van der Waals surface area contributed by atoms with E-state index in [1.807, 2.05) is 0 Å². The molecule has 1 heterocycles.